The van der Waals surface area contributed by atoms with Gasteiger partial charge >= 0.3 is 0 Å². The van der Waals surface area contributed by atoms with Gasteiger partial charge in [0.05, 0.1) is 0 Å². The summed E-state index contributed by atoms with van der Waals surface area (Å²) >= 11 is 0. The summed E-state index contributed by atoms with van der Waals surface area (Å²) in [6.07, 6.45) is 6.66. The smallest absolute Gasteiger partial charge is 0.222 e. The molecule has 1 aliphatic heterocycles. The van der Waals surface area contributed by atoms with Gasteiger partial charge in [-0.25, -0.2) is 0 Å². The fraction of sp³-hybridized carbons (Fsp3) is 0.938. The van der Waals surface area contributed by atoms with Crippen molar-refractivity contribution in [3.8, 4) is 0 Å². The average molecular weight is 255 g/mol. The van der Waals surface area contributed by atoms with Crippen LogP contribution >= 0.6 is 0 Å². The predicted molar refractivity (Wildman–Crippen MR) is 79.7 cm³/mol. The lowest BCUT2D eigenvalue weighted by atomic mass is 9.73. The Morgan fingerprint density at radius 3 is 2.17 bits per heavy atom. The van der Waals surface area contributed by atoms with Gasteiger partial charge in [0.1, 0.15) is 0 Å². The lowest BCUT2D eigenvalue weighted by Crippen LogP contribution is -2.51. The molecule has 0 spiro atoms. The molecule has 0 bridgehead atoms. The first-order chi connectivity index (χ1) is 8.59. The van der Waals surface area contributed by atoms with Crippen molar-refractivity contribution in [3.05, 3.63) is 0 Å². The Balaban J connectivity index is 0.00000137. The van der Waals surface area contributed by atoms with Crippen LogP contribution in [0.4, 0.5) is 0 Å². The standard InChI is InChI=1S/C14H27NO.C2H6/c1-5-13(16)15-11-9-8-10-12(15)14(4,6-2)7-3;1-2/h12H,5-11H2,1-4H3;1-2H3. The normalized spacial score (nSPS) is 20.1. The van der Waals surface area contributed by atoms with Gasteiger partial charge < -0.3 is 4.90 Å². The molecule has 1 aliphatic rings. The molecule has 2 nitrogen and oxygen atoms in total. The molecular weight excluding hydrogens is 222 g/mol. The number of rotatable bonds is 4. The summed E-state index contributed by atoms with van der Waals surface area (Å²) in [7, 11) is 0. The van der Waals surface area contributed by atoms with Gasteiger partial charge in [-0.05, 0) is 37.5 Å². The Kier molecular flexibility index (Phi) is 8.30. The molecule has 1 heterocycles. The maximum Gasteiger partial charge on any atom is 0.222 e. The van der Waals surface area contributed by atoms with Crippen molar-refractivity contribution < 1.29 is 4.79 Å². The van der Waals surface area contributed by atoms with E-state index < -0.39 is 0 Å². The highest BCUT2D eigenvalue weighted by Crippen LogP contribution is 2.38. The van der Waals surface area contributed by atoms with Crippen LogP contribution in [0.2, 0.25) is 0 Å². The van der Waals surface area contributed by atoms with Crippen molar-refractivity contribution in [3.63, 3.8) is 0 Å². The molecule has 0 aromatic rings. The van der Waals surface area contributed by atoms with Crippen molar-refractivity contribution in [2.75, 3.05) is 6.54 Å². The first-order valence-electron chi connectivity index (χ1n) is 7.88. The minimum absolute atomic E-state index is 0.311. The first kappa shape index (κ1) is 17.5. The molecule has 18 heavy (non-hydrogen) atoms. The van der Waals surface area contributed by atoms with E-state index in [1.807, 2.05) is 20.8 Å². The maximum atomic E-state index is 12.0. The zero-order valence-corrected chi connectivity index (χ0v) is 13.4. The summed E-state index contributed by atoms with van der Waals surface area (Å²) in [5.74, 6) is 0.345. The number of likely N-dealkylation sites (tertiary alicyclic amines) is 1. The van der Waals surface area contributed by atoms with Crippen molar-refractivity contribution in [1.82, 2.24) is 4.90 Å². The first-order valence-corrected chi connectivity index (χ1v) is 7.88. The van der Waals surface area contributed by atoms with Gasteiger partial charge in [0, 0.05) is 19.0 Å². The van der Waals surface area contributed by atoms with Crippen LogP contribution in [0.3, 0.4) is 0 Å². The van der Waals surface area contributed by atoms with Crippen molar-refractivity contribution in [2.24, 2.45) is 5.41 Å². The average Bonchev–Trinajstić information content (AvgIpc) is 2.47. The van der Waals surface area contributed by atoms with Gasteiger partial charge in [-0.1, -0.05) is 41.5 Å². The number of nitrogens with zero attached hydrogens (tertiary/aromatic N) is 1. The topological polar surface area (TPSA) is 20.3 Å². The highest BCUT2D eigenvalue weighted by Gasteiger charge is 2.38. The molecule has 1 saturated heterocycles. The number of hydrogen-bond donors (Lipinski definition) is 0. The Morgan fingerprint density at radius 2 is 1.72 bits per heavy atom. The van der Waals surface area contributed by atoms with Crippen LogP contribution in [-0.4, -0.2) is 23.4 Å². The van der Waals surface area contributed by atoms with Gasteiger partial charge in [-0.2, -0.15) is 0 Å². The van der Waals surface area contributed by atoms with Crippen LogP contribution in [-0.2, 0) is 4.79 Å². The van der Waals surface area contributed by atoms with Crippen molar-refractivity contribution in [1.29, 1.82) is 0 Å². The highest BCUT2D eigenvalue weighted by molar-refractivity contribution is 5.76. The third-order valence-electron chi connectivity index (χ3n) is 4.55. The lowest BCUT2D eigenvalue weighted by molar-refractivity contribution is -0.138. The molecule has 0 aromatic heterocycles. The minimum atomic E-state index is 0.311. The third-order valence-corrected chi connectivity index (χ3v) is 4.55. The van der Waals surface area contributed by atoms with E-state index in [-0.39, 0.29) is 0 Å². The lowest BCUT2D eigenvalue weighted by Gasteiger charge is -2.46. The third kappa shape index (κ3) is 4.00. The van der Waals surface area contributed by atoms with Gasteiger partial charge in [0.2, 0.25) is 5.91 Å². The SMILES string of the molecule is CC.CCC(=O)N1CCCCC1C(C)(CC)CC. The van der Waals surface area contributed by atoms with Crippen LogP contribution < -0.4 is 0 Å². The summed E-state index contributed by atoms with van der Waals surface area (Å²) in [5, 5.41) is 0. The molecule has 0 radical (unpaired) electrons. The van der Waals surface area contributed by atoms with Gasteiger partial charge in [-0.3, -0.25) is 4.79 Å². The Hall–Kier alpha value is -0.530. The van der Waals surface area contributed by atoms with Gasteiger partial charge in [-0.15, -0.1) is 0 Å². The zero-order valence-electron chi connectivity index (χ0n) is 13.4. The Labute approximate surface area is 114 Å². The van der Waals surface area contributed by atoms with Crippen LogP contribution in [0.25, 0.3) is 0 Å². The number of amides is 1. The largest absolute Gasteiger partial charge is 0.339 e. The van der Waals surface area contributed by atoms with E-state index in [2.05, 4.69) is 25.7 Å². The van der Waals surface area contributed by atoms with E-state index in [1.165, 1.54) is 32.1 Å². The second-order valence-corrected chi connectivity index (χ2v) is 5.31. The van der Waals surface area contributed by atoms with E-state index in [9.17, 15) is 4.79 Å². The van der Waals surface area contributed by atoms with E-state index in [0.29, 0.717) is 23.8 Å². The predicted octanol–water partition coefficient (Wildman–Crippen LogP) is 4.63. The number of carbonyl (C=O) groups is 1. The molecule has 0 N–H and O–H groups in total. The Morgan fingerprint density at radius 1 is 1.17 bits per heavy atom. The summed E-state index contributed by atoms with van der Waals surface area (Å²) in [6.45, 7) is 13.8. The molecule has 0 aliphatic carbocycles. The summed E-state index contributed by atoms with van der Waals surface area (Å²) in [6, 6.07) is 0.476. The van der Waals surface area contributed by atoms with Crippen LogP contribution in [0.1, 0.15) is 80.1 Å². The molecule has 1 amide bonds. The molecule has 0 saturated carbocycles. The van der Waals surface area contributed by atoms with Gasteiger partial charge in [0.15, 0.2) is 0 Å². The molecule has 2 heteroatoms. The van der Waals surface area contributed by atoms with Crippen LogP contribution in [0.5, 0.6) is 0 Å². The molecule has 0 aromatic carbocycles. The summed E-state index contributed by atoms with van der Waals surface area (Å²) < 4.78 is 0. The van der Waals surface area contributed by atoms with E-state index in [4.69, 9.17) is 0 Å². The maximum absolute atomic E-state index is 12.0. The van der Waals surface area contributed by atoms with E-state index >= 15 is 0 Å². The fourth-order valence-corrected chi connectivity index (χ4v) is 2.88. The molecular formula is C16H33NO. The van der Waals surface area contributed by atoms with Crippen molar-refractivity contribution >= 4 is 5.91 Å². The molecule has 1 rings (SSSR count). The van der Waals surface area contributed by atoms with Crippen LogP contribution in [0, 0.1) is 5.41 Å². The number of piperidine rings is 1. The van der Waals surface area contributed by atoms with Gasteiger partial charge in [0.25, 0.3) is 0 Å². The van der Waals surface area contributed by atoms with Crippen LogP contribution in [0.15, 0.2) is 0 Å². The monoisotopic (exact) mass is 255 g/mol. The second-order valence-electron chi connectivity index (χ2n) is 5.31. The van der Waals surface area contributed by atoms with E-state index in [0.717, 1.165) is 6.54 Å². The number of carbonyl (C=O) groups excluding carboxylic acids is 1. The molecule has 1 fully saturated rings. The molecule has 108 valence electrons. The Bertz CT molecular complexity index is 233. The van der Waals surface area contributed by atoms with Crippen molar-refractivity contribution in [2.45, 2.75) is 86.1 Å². The molecule has 1 atom stereocenters. The minimum Gasteiger partial charge on any atom is -0.339 e. The number of hydrogen-bond acceptors (Lipinski definition) is 1. The highest BCUT2D eigenvalue weighted by atomic mass is 16.2. The summed E-state index contributed by atoms with van der Waals surface area (Å²) in [4.78, 5) is 14.1. The fourth-order valence-electron chi connectivity index (χ4n) is 2.88. The summed E-state index contributed by atoms with van der Waals surface area (Å²) in [5.41, 5.74) is 0.311. The zero-order chi connectivity index (χ0) is 14.2. The molecule has 1 unspecified atom stereocenters. The quantitative estimate of drug-likeness (QED) is 0.717. The second kappa shape index (κ2) is 8.55. The van der Waals surface area contributed by atoms with E-state index in [1.54, 1.807) is 0 Å².